The maximum Gasteiger partial charge on any atom is 0.140 e. The van der Waals surface area contributed by atoms with Crippen LogP contribution in [0.15, 0.2) is 0 Å². The van der Waals surface area contributed by atoms with Gasteiger partial charge in [-0.25, -0.2) is 0 Å². The SMILES string of the molecule is CN(C)C1(C=O)CCNCC1. The van der Waals surface area contributed by atoms with Gasteiger partial charge in [-0.05, 0) is 40.0 Å². The summed E-state index contributed by atoms with van der Waals surface area (Å²) in [5.41, 5.74) is -0.189. The van der Waals surface area contributed by atoms with Crippen LogP contribution in [0, 0.1) is 0 Å². The van der Waals surface area contributed by atoms with Gasteiger partial charge in [0, 0.05) is 0 Å². The van der Waals surface area contributed by atoms with Gasteiger partial charge in [0.1, 0.15) is 6.29 Å². The van der Waals surface area contributed by atoms with Crippen LogP contribution in [-0.2, 0) is 4.79 Å². The van der Waals surface area contributed by atoms with E-state index in [2.05, 4.69) is 5.32 Å². The van der Waals surface area contributed by atoms with E-state index in [-0.39, 0.29) is 5.54 Å². The lowest BCUT2D eigenvalue weighted by Gasteiger charge is -2.38. The fourth-order valence-corrected chi connectivity index (χ4v) is 1.53. The topological polar surface area (TPSA) is 32.3 Å². The molecule has 0 bridgehead atoms. The van der Waals surface area contributed by atoms with Gasteiger partial charge in [0.05, 0.1) is 5.54 Å². The Morgan fingerprint density at radius 1 is 1.36 bits per heavy atom. The van der Waals surface area contributed by atoms with E-state index >= 15 is 0 Å². The molecule has 0 aliphatic carbocycles. The van der Waals surface area contributed by atoms with Crippen LogP contribution in [0.3, 0.4) is 0 Å². The lowest BCUT2D eigenvalue weighted by molar-refractivity contribution is -0.118. The normalized spacial score (nSPS) is 23.5. The smallest absolute Gasteiger partial charge is 0.140 e. The zero-order chi connectivity index (χ0) is 8.32. The first-order valence-corrected chi connectivity index (χ1v) is 4.06. The minimum absolute atomic E-state index is 0.189. The number of hydrogen-bond acceptors (Lipinski definition) is 3. The van der Waals surface area contributed by atoms with Crippen molar-refractivity contribution in [1.29, 1.82) is 0 Å². The van der Waals surface area contributed by atoms with Crippen molar-refractivity contribution in [2.75, 3.05) is 27.2 Å². The Morgan fingerprint density at radius 2 is 1.91 bits per heavy atom. The van der Waals surface area contributed by atoms with Crippen LogP contribution in [0.25, 0.3) is 0 Å². The number of likely N-dealkylation sites (N-methyl/N-ethyl adjacent to an activating group) is 1. The van der Waals surface area contributed by atoms with Crippen molar-refractivity contribution in [1.82, 2.24) is 10.2 Å². The lowest BCUT2D eigenvalue weighted by atomic mass is 9.89. The zero-order valence-corrected chi connectivity index (χ0v) is 7.26. The van der Waals surface area contributed by atoms with E-state index in [1.807, 2.05) is 19.0 Å². The lowest BCUT2D eigenvalue weighted by Crippen LogP contribution is -2.52. The molecule has 0 unspecified atom stereocenters. The van der Waals surface area contributed by atoms with Gasteiger partial charge in [0.15, 0.2) is 0 Å². The number of rotatable bonds is 2. The largest absolute Gasteiger partial charge is 0.317 e. The number of nitrogens with one attached hydrogen (secondary N) is 1. The fraction of sp³-hybridized carbons (Fsp3) is 0.875. The highest BCUT2D eigenvalue weighted by molar-refractivity contribution is 5.64. The molecule has 0 aromatic rings. The van der Waals surface area contributed by atoms with Gasteiger partial charge in [0.2, 0.25) is 0 Å². The van der Waals surface area contributed by atoms with Crippen molar-refractivity contribution in [3.05, 3.63) is 0 Å². The van der Waals surface area contributed by atoms with Gasteiger partial charge in [0.25, 0.3) is 0 Å². The average Bonchev–Trinajstić information content (AvgIpc) is 2.05. The molecule has 11 heavy (non-hydrogen) atoms. The molecule has 0 atom stereocenters. The van der Waals surface area contributed by atoms with Crippen LogP contribution in [0.5, 0.6) is 0 Å². The monoisotopic (exact) mass is 156 g/mol. The molecule has 64 valence electrons. The summed E-state index contributed by atoms with van der Waals surface area (Å²) in [5, 5.41) is 3.24. The molecule has 0 spiro atoms. The molecular formula is C8H16N2O. The van der Waals surface area contributed by atoms with E-state index < -0.39 is 0 Å². The summed E-state index contributed by atoms with van der Waals surface area (Å²) in [6.45, 7) is 1.91. The molecule has 3 heteroatoms. The minimum atomic E-state index is -0.189. The second-order valence-corrected chi connectivity index (χ2v) is 3.37. The Balaban J connectivity index is 2.64. The van der Waals surface area contributed by atoms with Crippen LogP contribution in [0.1, 0.15) is 12.8 Å². The van der Waals surface area contributed by atoms with E-state index in [0.29, 0.717) is 0 Å². The van der Waals surface area contributed by atoms with Gasteiger partial charge < -0.3 is 10.1 Å². The molecule has 1 heterocycles. The summed E-state index contributed by atoms with van der Waals surface area (Å²) >= 11 is 0. The van der Waals surface area contributed by atoms with E-state index in [1.54, 1.807) is 0 Å². The molecule has 1 rings (SSSR count). The van der Waals surface area contributed by atoms with Gasteiger partial charge in [-0.3, -0.25) is 4.90 Å². The molecule has 0 saturated carbocycles. The quantitative estimate of drug-likeness (QED) is 0.565. The summed E-state index contributed by atoms with van der Waals surface area (Å²) < 4.78 is 0. The highest BCUT2D eigenvalue weighted by Crippen LogP contribution is 2.20. The number of hydrogen-bond donors (Lipinski definition) is 1. The van der Waals surface area contributed by atoms with Crippen molar-refractivity contribution >= 4 is 6.29 Å². The van der Waals surface area contributed by atoms with Crippen molar-refractivity contribution in [3.8, 4) is 0 Å². The van der Waals surface area contributed by atoms with Crippen LogP contribution in [0.4, 0.5) is 0 Å². The van der Waals surface area contributed by atoms with Crippen molar-refractivity contribution in [2.45, 2.75) is 18.4 Å². The predicted molar refractivity (Wildman–Crippen MR) is 44.6 cm³/mol. The molecule has 1 aliphatic heterocycles. The van der Waals surface area contributed by atoms with E-state index in [1.165, 1.54) is 0 Å². The standard InChI is InChI=1S/C8H16N2O/c1-10(2)8(7-11)3-5-9-6-4-8/h7,9H,3-6H2,1-2H3. The van der Waals surface area contributed by atoms with E-state index in [9.17, 15) is 4.79 Å². The Morgan fingerprint density at radius 3 is 2.18 bits per heavy atom. The second kappa shape index (κ2) is 3.32. The van der Waals surface area contributed by atoms with Gasteiger partial charge >= 0.3 is 0 Å². The first-order valence-electron chi connectivity index (χ1n) is 4.06. The summed E-state index contributed by atoms with van der Waals surface area (Å²) in [5.74, 6) is 0. The zero-order valence-electron chi connectivity index (χ0n) is 7.26. The van der Waals surface area contributed by atoms with Crippen LogP contribution in [-0.4, -0.2) is 43.9 Å². The summed E-state index contributed by atoms with van der Waals surface area (Å²) in [7, 11) is 3.94. The molecule has 0 radical (unpaired) electrons. The third-order valence-electron chi connectivity index (χ3n) is 2.58. The number of piperidine rings is 1. The molecule has 1 saturated heterocycles. The highest BCUT2D eigenvalue weighted by Gasteiger charge is 2.33. The maximum absolute atomic E-state index is 10.9. The van der Waals surface area contributed by atoms with E-state index in [4.69, 9.17) is 0 Å². The number of carbonyl (C=O) groups excluding carboxylic acids is 1. The molecular weight excluding hydrogens is 140 g/mol. The van der Waals surface area contributed by atoms with Crippen LogP contribution < -0.4 is 5.32 Å². The van der Waals surface area contributed by atoms with Crippen LogP contribution in [0.2, 0.25) is 0 Å². The molecule has 1 N–H and O–H groups in total. The Kier molecular flexibility index (Phi) is 2.62. The number of aldehydes is 1. The third-order valence-corrected chi connectivity index (χ3v) is 2.58. The van der Waals surface area contributed by atoms with Gasteiger partial charge in [-0.1, -0.05) is 0 Å². The molecule has 0 amide bonds. The fourth-order valence-electron chi connectivity index (χ4n) is 1.53. The van der Waals surface area contributed by atoms with Crippen molar-refractivity contribution in [2.24, 2.45) is 0 Å². The highest BCUT2D eigenvalue weighted by atomic mass is 16.1. The van der Waals surface area contributed by atoms with Crippen molar-refractivity contribution < 1.29 is 4.79 Å². The molecule has 0 aromatic heterocycles. The average molecular weight is 156 g/mol. The Bertz CT molecular complexity index is 139. The molecule has 1 fully saturated rings. The number of carbonyl (C=O) groups is 1. The first-order chi connectivity index (χ1) is 5.21. The summed E-state index contributed by atoms with van der Waals surface area (Å²) in [6.07, 6.45) is 2.96. The minimum Gasteiger partial charge on any atom is -0.317 e. The molecule has 3 nitrogen and oxygen atoms in total. The predicted octanol–water partition coefficient (Wildman–Crippen LogP) is -0.131. The van der Waals surface area contributed by atoms with E-state index in [0.717, 1.165) is 32.2 Å². The summed E-state index contributed by atoms with van der Waals surface area (Å²) in [4.78, 5) is 12.9. The van der Waals surface area contributed by atoms with Crippen molar-refractivity contribution in [3.63, 3.8) is 0 Å². The van der Waals surface area contributed by atoms with Gasteiger partial charge in [-0.2, -0.15) is 0 Å². The number of nitrogens with zero attached hydrogens (tertiary/aromatic N) is 1. The Labute approximate surface area is 67.8 Å². The Hall–Kier alpha value is -0.410. The third kappa shape index (κ3) is 1.60. The molecule has 0 aromatic carbocycles. The van der Waals surface area contributed by atoms with Gasteiger partial charge in [-0.15, -0.1) is 0 Å². The first kappa shape index (κ1) is 8.68. The van der Waals surface area contributed by atoms with Crippen LogP contribution >= 0.6 is 0 Å². The molecule has 1 aliphatic rings. The maximum atomic E-state index is 10.9. The summed E-state index contributed by atoms with van der Waals surface area (Å²) in [6, 6.07) is 0. The second-order valence-electron chi connectivity index (χ2n) is 3.37.